The van der Waals surface area contributed by atoms with Crippen LogP contribution < -0.4 is 0 Å². The van der Waals surface area contributed by atoms with Crippen LogP contribution in [0.4, 0.5) is 0 Å². The molecule has 576 valence electrons. The van der Waals surface area contributed by atoms with E-state index in [1.165, 1.54) is 205 Å². The van der Waals surface area contributed by atoms with Gasteiger partial charge in [0, 0.05) is 25.7 Å². The summed E-state index contributed by atoms with van der Waals surface area (Å²) in [6, 6.07) is 0. The predicted molar refractivity (Wildman–Crippen MR) is 395 cm³/mol. The maximum Gasteiger partial charge on any atom is 0.472 e. The van der Waals surface area contributed by atoms with Gasteiger partial charge in [-0.3, -0.25) is 37.3 Å². The van der Waals surface area contributed by atoms with Gasteiger partial charge in [0.15, 0.2) is 12.2 Å². The van der Waals surface area contributed by atoms with E-state index in [1.807, 2.05) is 0 Å². The van der Waals surface area contributed by atoms with Gasteiger partial charge < -0.3 is 33.8 Å². The molecular formula is C78H152O17P2. The molecule has 0 spiro atoms. The number of rotatable bonds is 76. The monoisotopic (exact) mass is 1420 g/mol. The highest BCUT2D eigenvalue weighted by Crippen LogP contribution is 2.45. The Labute approximate surface area is 594 Å². The van der Waals surface area contributed by atoms with E-state index in [0.29, 0.717) is 31.6 Å². The summed E-state index contributed by atoms with van der Waals surface area (Å²) < 4.78 is 68.6. The number of carbonyl (C=O) groups is 4. The molecule has 3 N–H and O–H groups in total. The number of phosphoric acid groups is 2. The van der Waals surface area contributed by atoms with Crippen LogP contribution >= 0.6 is 15.6 Å². The lowest BCUT2D eigenvalue weighted by molar-refractivity contribution is -0.161. The van der Waals surface area contributed by atoms with Gasteiger partial charge in [0.05, 0.1) is 26.4 Å². The molecule has 0 rings (SSSR count). The lowest BCUT2D eigenvalue weighted by Gasteiger charge is -2.21. The van der Waals surface area contributed by atoms with Gasteiger partial charge >= 0.3 is 39.5 Å². The Balaban J connectivity index is 5.24. The Hall–Kier alpha value is -1.94. The average molecular weight is 1420 g/mol. The SMILES string of the molecule is CCCCCCCCCCCCCCCCCCC(=O)OC[C@H](COP(=O)(O)OC[C@@H](O)COP(=O)(O)OC[C@@H](COC(=O)CCCCCCCCC(C)C)OC(=O)CCCCCCCCCCCCCCC(C)C)OC(=O)CCCCCCCCCCCCCCCCC(C)C. The maximum absolute atomic E-state index is 13.1. The average Bonchev–Trinajstić information content (AvgIpc) is 1.19. The second-order valence-electron chi connectivity index (χ2n) is 29.5. The molecule has 0 amide bonds. The van der Waals surface area contributed by atoms with Crippen LogP contribution in [0.2, 0.25) is 0 Å². The van der Waals surface area contributed by atoms with Crippen molar-refractivity contribution in [3.8, 4) is 0 Å². The molecule has 0 saturated carbocycles. The van der Waals surface area contributed by atoms with Crippen molar-refractivity contribution in [3.63, 3.8) is 0 Å². The van der Waals surface area contributed by atoms with E-state index in [2.05, 4.69) is 48.5 Å². The lowest BCUT2D eigenvalue weighted by atomic mass is 10.0. The quantitative estimate of drug-likeness (QED) is 0.0222. The Morgan fingerprint density at radius 1 is 0.278 bits per heavy atom. The van der Waals surface area contributed by atoms with Crippen LogP contribution in [0.5, 0.6) is 0 Å². The van der Waals surface area contributed by atoms with Crippen LogP contribution in [0.15, 0.2) is 0 Å². The highest BCUT2D eigenvalue weighted by Gasteiger charge is 2.30. The largest absolute Gasteiger partial charge is 0.472 e. The highest BCUT2D eigenvalue weighted by atomic mass is 31.2. The van der Waals surface area contributed by atoms with Crippen molar-refractivity contribution in [1.29, 1.82) is 0 Å². The molecule has 0 bridgehead atoms. The first kappa shape index (κ1) is 95.1. The third-order valence-electron chi connectivity index (χ3n) is 18.1. The molecule has 0 saturated heterocycles. The minimum absolute atomic E-state index is 0.106. The first-order chi connectivity index (χ1) is 46.7. The van der Waals surface area contributed by atoms with Gasteiger partial charge in [-0.2, -0.15) is 0 Å². The number of hydrogen-bond acceptors (Lipinski definition) is 15. The molecule has 0 heterocycles. The molecule has 17 nitrogen and oxygen atoms in total. The van der Waals surface area contributed by atoms with Crippen LogP contribution in [0.1, 0.15) is 402 Å². The molecule has 0 fully saturated rings. The molecule has 2 unspecified atom stereocenters. The second kappa shape index (κ2) is 68.5. The zero-order valence-corrected chi connectivity index (χ0v) is 65.3. The van der Waals surface area contributed by atoms with Crippen LogP contribution in [-0.4, -0.2) is 96.7 Å². The molecule has 0 aromatic carbocycles. The van der Waals surface area contributed by atoms with Gasteiger partial charge in [0.25, 0.3) is 0 Å². The van der Waals surface area contributed by atoms with Crippen molar-refractivity contribution in [1.82, 2.24) is 0 Å². The number of phosphoric ester groups is 2. The molecule has 5 atom stereocenters. The standard InChI is InChI=1S/C78H152O17P2/c1-8-9-10-11-12-13-14-15-16-17-21-27-32-37-45-52-59-75(80)88-65-73(94-77(82)61-54-47-38-33-28-22-19-18-20-25-30-35-42-49-56-69(2)3)67-92-96(84,85)90-63-72(79)64-91-97(86,87)93-68-74(66-89-76(81)60-53-46-41-40-44-51-58-71(6)7)95-78(83)62-55-48-39-34-29-24-23-26-31-36-43-50-57-70(4)5/h69-74,79H,8-68H2,1-7H3,(H,84,85)(H,86,87)/t72-,73-,74-/m1/s1. The number of carbonyl (C=O) groups excluding carboxylic acids is 4. The Morgan fingerprint density at radius 2 is 0.474 bits per heavy atom. The summed E-state index contributed by atoms with van der Waals surface area (Å²) in [6.07, 6.45) is 55.6. The van der Waals surface area contributed by atoms with Gasteiger partial charge in [-0.1, -0.05) is 350 Å². The molecule has 0 aromatic heterocycles. The summed E-state index contributed by atoms with van der Waals surface area (Å²) >= 11 is 0. The highest BCUT2D eigenvalue weighted by molar-refractivity contribution is 7.47. The van der Waals surface area contributed by atoms with Crippen LogP contribution in [0.3, 0.4) is 0 Å². The van der Waals surface area contributed by atoms with Gasteiger partial charge in [0.1, 0.15) is 19.3 Å². The Bertz CT molecular complexity index is 1890. The Morgan fingerprint density at radius 3 is 0.701 bits per heavy atom. The van der Waals surface area contributed by atoms with Crippen LogP contribution in [0.25, 0.3) is 0 Å². The smallest absolute Gasteiger partial charge is 0.462 e. The fourth-order valence-corrected chi connectivity index (χ4v) is 13.5. The summed E-state index contributed by atoms with van der Waals surface area (Å²) in [7, 11) is -9.92. The number of unbranched alkanes of at least 4 members (excludes halogenated alkanes) is 44. The number of esters is 4. The predicted octanol–water partition coefficient (Wildman–Crippen LogP) is 23.0. The zero-order valence-electron chi connectivity index (χ0n) is 63.5. The molecule has 19 heteroatoms. The zero-order chi connectivity index (χ0) is 71.6. The van der Waals surface area contributed by atoms with Crippen LogP contribution in [0, 0.1) is 17.8 Å². The number of aliphatic hydroxyl groups excluding tert-OH is 1. The maximum atomic E-state index is 13.1. The van der Waals surface area contributed by atoms with Crippen molar-refractivity contribution in [2.75, 3.05) is 39.6 Å². The summed E-state index contributed by atoms with van der Waals surface area (Å²) in [4.78, 5) is 72.9. The molecule has 0 aliphatic heterocycles. The molecule has 0 aliphatic carbocycles. The van der Waals surface area contributed by atoms with Gasteiger partial charge in [0.2, 0.25) is 0 Å². The summed E-state index contributed by atoms with van der Waals surface area (Å²) in [5.74, 6) is 0.135. The summed E-state index contributed by atoms with van der Waals surface area (Å²) in [6.45, 7) is 11.9. The van der Waals surface area contributed by atoms with Crippen molar-refractivity contribution >= 4 is 39.5 Å². The number of hydrogen-bond donors (Lipinski definition) is 3. The number of ether oxygens (including phenoxy) is 4. The fraction of sp³-hybridized carbons (Fsp3) is 0.949. The van der Waals surface area contributed by atoms with E-state index < -0.39 is 97.5 Å². The third kappa shape index (κ3) is 72.2. The first-order valence-corrected chi connectivity index (χ1v) is 43.3. The van der Waals surface area contributed by atoms with E-state index in [-0.39, 0.29) is 25.7 Å². The van der Waals surface area contributed by atoms with Gasteiger partial charge in [-0.05, 0) is 43.4 Å². The lowest BCUT2D eigenvalue weighted by Crippen LogP contribution is -2.30. The molecular weight excluding hydrogens is 1270 g/mol. The second-order valence-corrected chi connectivity index (χ2v) is 32.4. The minimum Gasteiger partial charge on any atom is -0.462 e. The minimum atomic E-state index is -4.96. The molecule has 0 aliphatic rings. The summed E-state index contributed by atoms with van der Waals surface area (Å²) in [5.41, 5.74) is 0. The van der Waals surface area contributed by atoms with Gasteiger partial charge in [-0.25, -0.2) is 9.13 Å². The third-order valence-corrected chi connectivity index (χ3v) is 20.0. The summed E-state index contributed by atoms with van der Waals surface area (Å²) in [5, 5.41) is 10.6. The van der Waals surface area contributed by atoms with Crippen molar-refractivity contribution in [3.05, 3.63) is 0 Å². The van der Waals surface area contributed by atoms with E-state index in [0.717, 1.165) is 108 Å². The molecule has 0 radical (unpaired) electrons. The normalized spacial score (nSPS) is 14.0. The Kier molecular flexibility index (Phi) is 67.1. The van der Waals surface area contributed by atoms with E-state index >= 15 is 0 Å². The van der Waals surface area contributed by atoms with E-state index in [9.17, 15) is 43.2 Å². The van der Waals surface area contributed by atoms with Crippen molar-refractivity contribution < 1.29 is 80.2 Å². The van der Waals surface area contributed by atoms with Gasteiger partial charge in [-0.15, -0.1) is 0 Å². The molecule has 97 heavy (non-hydrogen) atoms. The van der Waals surface area contributed by atoms with E-state index in [4.69, 9.17) is 37.0 Å². The van der Waals surface area contributed by atoms with E-state index in [1.54, 1.807) is 0 Å². The molecule has 0 aromatic rings. The first-order valence-electron chi connectivity index (χ1n) is 40.3. The topological polar surface area (TPSA) is 237 Å². The number of aliphatic hydroxyl groups is 1. The van der Waals surface area contributed by atoms with Crippen molar-refractivity contribution in [2.45, 2.75) is 420 Å². The van der Waals surface area contributed by atoms with Crippen molar-refractivity contribution in [2.24, 2.45) is 17.8 Å². The fourth-order valence-electron chi connectivity index (χ4n) is 12.0. The van der Waals surface area contributed by atoms with Crippen LogP contribution in [-0.2, 0) is 65.4 Å².